The van der Waals surface area contributed by atoms with E-state index in [1.165, 1.54) is 25.7 Å². The molecule has 104 valence electrons. The number of nitrogen functional groups attached to an aromatic ring is 1. The number of aromatic nitrogens is 1. The zero-order chi connectivity index (χ0) is 13.4. The second-order valence-corrected chi connectivity index (χ2v) is 5.99. The number of nitrogens with zero attached hydrogens (tertiary/aromatic N) is 2. The predicted octanol–water partition coefficient (Wildman–Crippen LogP) is 2.67. The van der Waals surface area contributed by atoms with Gasteiger partial charge in [0.2, 0.25) is 0 Å². The molecule has 4 heteroatoms. The van der Waals surface area contributed by atoms with Gasteiger partial charge in [-0.15, -0.1) is 0 Å². The summed E-state index contributed by atoms with van der Waals surface area (Å²) >= 11 is 0. The van der Waals surface area contributed by atoms with Crippen LogP contribution in [0, 0.1) is 5.92 Å². The summed E-state index contributed by atoms with van der Waals surface area (Å²) < 4.78 is 2.09. The first-order valence-corrected chi connectivity index (χ1v) is 7.45. The van der Waals surface area contributed by atoms with Crippen LogP contribution in [0.5, 0.6) is 0 Å². The third-order valence-corrected chi connectivity index (χ3v) is 4.30. The summed E-state index contributed by atoms with van der Waals surface area (Å²) in [5.41, 5.74) is 7.36. The number of rotatable bonds is 4. The van der Waals surface area contributed by atoms with Gasteiger partial charge in [0.15, 0.2) is 0 Å². The smallest absolute Gasteiger partial charge is 0.270 e. The molecule has 1 saturated carbocycles. The molecule has 3 rings (SSSR count). The first-order chi connectivity index (χ1) is 9.19. The maximum Gasteiger partial charge on any atom is 0.270 e. The lowest BCUT2D eigenvalue weighted by Crippen LogP contribution is -2.30. The highest BCUT2D eigenvalue weighted by molar-refractivity contribution is 5.94. The van der Waals surface area contributed by atoms with Gasteiger partial charge in [-0.1, -0.05) is 13.3 Å². The number of hydrogen-bond donors (Lipinski definition) is 1. The number of carbonyl (C=O) groups excluding carboxylic acids is 1. The van der Waals surface area contributed by atoms with Crippen molar-refractivity contribution in [1.29, 1.82) is 0 Å². The Balaban J connectivity index is 1.73. The molecule has 2 aliphatic rings. The average Bonchev–Trinajstić information content (AvgIpc) is 3.01. The van der Waals surface area contributed by atoms with Gasteiger partial charge in [-0.25, -0.2) is 0 Å². The molecule has 19 heavy (non-hydrogen) atoms. The van der Waals surface area contributed by atoms with Crippen molar-refractivity contribution >= 4 is 11.6 Å². The quantitative estimate of drug-likeness (QED) is 0.906. The molecular formula is C15H23N3O. The van der Waals surface area contributed by atoms with Gasteiger partial charge >= 0.3 is 0 Å². The van der Waals surface area contributed by atoms with Gasteiger partial charge in [0.05, 0.1) is 5.69 Å². The Morgan fingerprint density at radius 2 is 2.21 bits per heavy atom. The summed E-state index contributed by atoms with van der Waals surface area (Å²) in [6, 6.07) is 2.35. The molecular weight excluding hydrogens is 238 g/mol. The van der Waals surface area contributed by atoms with Gasteiger partial charge in [0.1, 0.15) is 5.69 Å². The predicted molar refractivity (Wildman–Crippen MR) is 76.0 cm³/mol. The number of nitrogens with two attached hydrogens (primary N) is 1. The largest absolute Gasteiger partial charge is 0.397 e. The number of carbonyl (C=O) groups is 1. The van der Waals surface area contributed by atoms with Crippen molar-refractivity contribution in [3.63, 3.8) is 0 Å². The zero-order valence-electron chi connectivity index (χ0n) is 11.6. The summed E-state index contributed by atoms with van der Waals surface area (Å²) in [6.07, 6.45) is 7.86. The van der Waals surface area contributed by atoms with Gasteiger partial charge in [0.25, 0.3) is 5.91 Å². The van der Waals surface area contributed by atoms with Gasteiger partial charge in [0, 0.05) is 25.3 Å². The average molecular weight is 261 g/mol. The van der Waals surface area contributed by atoms with Crippen LogP contribution >= 0.6 is 0 Å². The van der Waals surface area contributed by atoms with E-state index in [-0.39, 0.29) is 5.91 Å². The van der Waals surface area contributed by atoms with Crippen molar-refractivity contribution in [3.8, 4) is 0 Å². The highest BCUT2D eigenvalue weighted by Gasteiger charge is 2.32. The highest BCUT2D eigenvalue weighted by Crippen LogP contribution is 2.37. The topological polar surface area (TPSA) is 51.3 Å². The fourth-order valence-electron chi connectivity index (χ4n) is 3.15. The molecule has 1 aliphatic carbocycles. The lowest BCUT2D eigenvalue weighted by atomic mass is 10.0. The SMILES string of the molecule is CCCC1CCN(C(=O)c2cc(N)cn2C2CC2)C1. The number of amides is 1. The van der Waals surface area contributed by atoms with Gasteiger partial charge in [-0.2, -0.15) is 0 Å². The maximum absolute atomic E-state index is 12.6. The van der Waals surface area contributed by atoms with E-state index in [1.54, 1.807) is 0 Å². The molecule has 4 nitrogen and oxygen atoms in total. The Labute approximate surface area is 114 Å². The van der Waals surface area contributed by atoms with E-state index < -0.39 is 0 Å². The number of hydrogen-bond acceptors (Lipinski definition) is 2. The van der Waals surface area contributed by atoms with Crippen molar-refractivity contribution in [2.45, 2.75) is 45.1 Å². The Morgan fingerprint density at radius 1 is 1.42 bits per heavy atom. The molecule has 0 aromatic carbocycles. The fourth-order valence-corrected chi connectivity index (χ4v) is 3.15. The van der Waals surface area contributed by atoms with Gasteiger partial charge < -0.3 is 15.2 Å². The molecule has 2 N–H and O–H groups in total. The highest BCUT2D eigenvalue weighted by atomic mass is 16.2. The van der Waals surface area contributed by atoms with E-state index in [4.69, 9.17) is 5.73 Å². The molecule has 2 heterocycles. The molecule has 2 fully saturated rings. The monoisotopic (exact) mass is 261 g/mol. The molecule has 1 atom stereocenters. The fraction of sp³-hybridized carbons (Fsp3) is 0.667. The van der Waals surface area contributed by atoms with E-state index in [0.29, 0.717) is 17.6 Å². The molecule has 1 aliphatic heterocycles. The first-order valence-electron chi connectivity index (χ1n) is 7.45. The molecule has 0 radical (unpaired) electrons. The third kappa shape index (κ3) is 2.48. The van der Waals surface area contributed by atoms with Crippen LogP contribution < -0.4 is 5.73 Å². The van der Waals surface area contributed by atoms with Gasteiger partial charge in [-0.05, 0) is 37.7 Å². The zero-order valence-corrected chi connectivity index (χ0v) is 11.6. The standard InChI is InChI=1S/C15H23N3O/c1-2-3-11-6-7-17(9-11)15(19)14-8-12(16)10-18(14)13-4-5-13/h8,10-11,13H,2-7,9,16H2,1H3. The summed E-state index contributed by atoms with van der Waals surface area (Å²) in [5.74, 6) is 0.859. The summed E-state index contributed by atoms with van der Waals surface area (Å²) in [5, 5.41) is 0. The van der Waals surface area contributed by atoms with Crippen LogP contribution in [-0.2, 0) is 0 Å². The van der Waals surface area contributed by atoms with Crippen LogP contribution in [0.4, 0.5) is 5.69 Å². The molecule has 1 unspecified atom stereocenters. The van der Waals surface area contributed by atoms with Crippen molar-refractivity contribution in [3.05, 3.63) is 18.0 Å². The van der Waals surface area contributed by atoms with Gasteiger partial charge in [-0.3, -0.25) is 4.79 Å². The van der Waals surface area contributed by atoms with Crippen molar-refractivity contribution in [2.75, 3.05) is 18.8 Å². The minimum Gasteiger partial charge on any atom is -0.397 e. The van der Waals surface area contributed by atoms with Crippen molar-refractivity contribution in [2.24, 2.45) is 5.92 Å². The summed E-state index contributed by atoms with van der Waals surface area (Å²) in [6.45, 7) is 4.03. The number of anilines is 1. The van der Waals surface area contributed by atoms with Crippen molar-refractivity contribution in [1.82, 2.24) is 9.47 Å². The second-order valence-electron chi connectivity index (χ2n) is 5.99. The van der Waals surface area contributed by atoms with Crippen LogP contribution in [0.15, 0.2) is 12.3 Å². The molecule has 1 amide bonds. The first kappa shape index (κ1) is 12.6. The lowest BCUT2D eigenvalue weighted by molar-refractivity contribution is 0.0775. The van der Waals surface area contributed by atoms with E-state index in [1.807, 2.05) is 17.2 Å². The van der Waals surface area contributed by atoms with Crippen LogP contribution in [0.25, 0.3) is 0 Å². The maximum atomic E-state index is 12.6. The van der Waals surface area contributed by atoms with E-state index in [9.17, 15) is 4.79 Å². The van der Waals surface area contributed by atoms with Crippen LogP contribution in [0.3, 0.4) is 0 Å². The van der Waals surface area contributed by atoms with E-state index in [0.717, 1.165) is 25.2 Å². The normalized spacial score (nSPS) is 23.0. The minimum atomic E-state index is 0.169. The molecule has 0 spiro atoms. The Bertz CT molecular complexity index is 476. The van der Waals surface area contributed by atoms with E-state index >= 15 is 0 Å². The summed E-state index contributed by atoms with van der Waals surface area (Å²) in [7, 11) is 0. The molecule has 1 aromatic heterocycles. The van der Waals surface area contributed by atoms with Crippen molar-refractivity contribution < 1.29 is 4.79 Å². The molecule has 0 bridgehead atoms. The number of likely N-dealkylation sites (tertiary alicyclic amines) is 1. The molecule has 1 saturated heterocycles. The van der Waals surface area contributed by atoms with E-state index in [2.05, 4.69) is 11.5 Å². The van der Waals surface area contributed by atoms with Crippen LogP contribution in [0.1, 0.15) is 55.6 Å². The Hall–Kier alpha value is -1.45. The van der Waals surface area contributed by atoms with Crippen LogP contribution in [0.2, 0.25) is 0 Å². The summed E-state index contributed by atoms with van der Waals surface area (Å²) in [4.78, 5) is 14.6. The second kappa shape index (κ2) is 4.91. The third-order valence-electron chi connectivity index (χ3n) is 4.30. The molecule has 1 aromatic rings. The minimum absolute atomic E-state index is 0.169. The Kier molecular flexibility index (Phi) is 3.25. The lowest BCUT2D eigenvalue weighted by Gasteiger charge is -2.17. The Morgan fingerprint density at radius 3 is 2.89 bits per heavy atom. The van der Waals surface area contributed by atoms with Crippen LogP contribution in [-0.4, -0.2) is 28.5 Å².